The first-order valence-corrected chi connectivity index (χ1v) is 6.28. The highest BCUT2D eigenvalue weighted by atomic mass is 19.1. The SMILES string of the molecule is CCC1(C)CC(Nc2ccccc2F)CCO1. The molecule has 0 saturated carbocycles. The quantitative estimate of drug-likeness (QED) is 0.867. The van der Waals surface area contributed by atoms with Crippen LogP contribution in [0.2, 0.25) is 0 Å². The second kappa shape index (κ2) is 5.05. The molecular weight excluding hydrogens is 217 g/mol. The van der Waals surface area contributed by atoms with Crippen molar-refractivity contribution in [3.05, 3.63) is 30.1 Å². The maximum atomic E-state index is 13.5. The molecule has 0 spiro atoms. The van der Waals surface area contributed by atoms with Gasteiger partial charge in [-0.15, -0.1) is 0 Å². The third-order valence-corrected chi connectivity index (χ3v) is 3.58. The fourth-order valence-corrected chi connectivity index (χ4v) is 2.30. The molecule has 3 heteroatoms. The minimum atomic E-state index is -0.183. The molecule has 1 fully saturated rings. The molecule has 1 aliphatic rings. The van der Waals surface area contributed by atoms with Crippen molar-refractivity contribution < 1.29 is 9.13 Å². The van der Waals surface area contributed by atoms with Crippen LogP contribution in [0.4, 0.5) is 10.1 Å². The Hall–Kier alpha value is -1.09. The number of hydrogen-bond acceptors (Lipinski definition) is 2. The van der Waals surface area contributed by atoms with E-state index in [1.165, 1.54) is 6.07 Å². The van der Waals surface area contributed by atoms with Gasteiger partial charge in [-0.05, 0) is 38.3 Å². The molecule has 94 valence electrons. The van der Waals surface area contributed by atoms with Crippen molar-refractivity contribution in [3.63, 3.8) is 0 Å². The molecule has 1 aromatic carbocycles. The number of para-hydroxylation sites is 1. The van der Waals surface area contributed by atoms with Crippen molar-refractivity contribution in [2.45, 2.75) is 44.8 Å². The van der Waals surface area contributed by atoms with E-state index in [4.69, 9.17) is 4.74 Å². The zero-order valence-electron chi connectivity index (χ0n) is 10.5. The van der Waals surface area contributed by atoms with Crippen molar-refractivity contribution in [3.8, 4) is 0 Å². The summed E-state index contributed by atoms with van der Waals surface area (Å²) in [7, 11) is 0. The first-order chi connectivity index (χ1) is 8.13. The van der Waals surface area contributed by atoms with E-state index in [2.05, 4.69) is 19.2 Å². The Balaban J connectivity index is 2.02. The van der Waals surface area contributed by atoms with E-state index in [-0.39, 0.29) is 11.4 Å². The van der Waals surface area contributed by atoms with Gasteiger partial charge in [0.15, 0.2) is 0 Å². The lowest BCUT2D eigenvalue weighted by Crippen LogP contribution is -2.41. The van der Waals surface area contributed by atoms with E-state index in [1.54, 1.807) is 12.1 Å². The second-order valence-electron chi connectivity index (χ2n) is 4.97. The molecule has 2 atom stereocenters. The minimum absolute atomic E-state index is 0.0683. The predicted octanol–water partition coefficient (Wildman–Crippen LogP) is 3.59. The highest BCUT2D eigenvalue weighted by Crippen LogP contribution is 2.29. The first kappa shape index (κ1) is 12.4. The van der Waals surface area contributed by atoms with Gasteiger partial charge in [0.1, 0.15) is 5.82 Å². The van der Waals surface area contributed by atoms with Crippen molar-refractivity contribution in [1.29, 1.82) is 0 Å². The molecule has 1 saturated heterocycles. The molecule has 2 rings (SSSR count). The van der Waals surface area contributed by atoms with Gasteiger partial charge in [-0.2, -0.15) is 0 Å². The summed E-state index contributed by atoms with van der Waals surface area (Å²) in [5.74, 6) is -0.183. The van der Waals surface area contributed by atoms with Crippen molar-refractivity contribution in [1.82, 2.24) is 0 Å². The first-order valence-electron chi connectivity index (χ1n) is 6.28. The molecule has 0 amide bonds. The van der Waals surface area contributed by atoms with Crippen molar-refractivity contribution in [2.75, 3.05) is 11.9 Å². The van der Waals surface area contributed by atoms with Crippen LogP contribution in [-0.2, 0) is 4.74 Å². The molecule has 0 radical (unpaired) electrons. The molecule has 1 heterocycles. The number of rotatable bonds is 3. The minimum Gasteiger partial charge on any atom is -0.380 e. The summed E-state index contributed by atoms with van der Waals surface area (Å²) in [5, 5.41) is 3.28. The molecule has 2 nitrogen and oxygen atoms in total. The largest absolute Gasteiger partial charge is 0.380 e. The summed E-state index contributed by atoms with van der Waals surface area (Å²) in [5.41, 5.74) is 0.527. The number of hydrogen-bond donors (Lipinski definition) is 1. The summed E-state index contributed by atoms with van der Waals surface area (Å²) in [4.78, 5) is 0. The zero-order valence-corrected chi connectivity index (χ0v) is 10.5. The van der Waals surface area contributed by atoms with Gasteiger partial charge in [-0.3, -0.25) is 0 Å². The van der Waals surface area contributed by atoms with E-state index in [1.807, 2.05) is 6.07 Å². The highest BCUT2D eigenvalue weighted by molar-refractivity contribution is 5.45. The molecular formula is C14H20FNO. The monoisotopic (exact) mass is 237 g/mol. The van der Waals surface area contributed by atoms with Crippen LogP contribution in [0.25, 0.3) is 0 Å². The fraction of sp³-hybridized carbons (Fsp3) is 0.571. The molecule has 1 N–H and O–H groups in total. The van der Waals surface area contributed by atoms with Crippen molar-refractivity contribution in [2.24, 2.45) is 0 Å². The zero-order chi connectivity index (χ0) is 12.3. The number of benzene rings is 1. The van der Waals surface area contributed by atoms with E-state index >= 15 is 0 Å². The van der Waals surface area contributed by atoms with Gasteiger partial charge in [0.25, 0.3) is 0 Å². The molecule has 1 aliphatic heterocycles. The average Bonchev–Trinajstić information content (AvgIpc) is 2.32. The van der Waals surface area contributed by atoms with E-state index in [0.29, 0.717) is 11.7 Å². The van der Waals surface area contributed by atoms with Crippen LogP contribution in [0.5, 0.6) is 0 Å². The van der Waals surface area contributed by atoms with Crippen LogP contribution >= 0.6 is 0 Å². The predicted molar refractivity (Wildman–Crippen MR) is 67.7 cm³/mol. The third-order valence-electron chi connectivity index (χ3n) is 3.58. The van der Waals surface area contributed by atoms with Gasteiger partial charge < -0.3 is 10.1 Å². The second-order valence-corrected chi connectivity index (χ2v) is 4.97. The molecule has 2 unspecified atom stereocenters. The lowest BCUT2D eigenvalue weighted by molar-refractivity contribution is -0.0709. The van der Waals surface area contributed by atoms with Gasteiger partial charge in [0.2, 0.25) is 0 Å². The van der Waals surface area contributed by atoms with Gasteiger partial charge in [0.05, 0.1) is 11.3 Å². The Bertz CT molecular complexity index is 382. The number of anilines is 1. The summed E-state index contributed by atoms with van der Waals surface area (Å²) >= 11 is 0. The topological polar surface area (TPSA) is 21.3 Å². The number of halogens is 1. The van der Waals surface area contributed by atoms with Crippen molar-refractivity contribution >= 4 is 5.69 Å². The number of ether oxygens (including phenoxy) is 1. The van der Waals surface area contributed by atoms with Gasteiger partial charge >= 0.3 is 0 Å². The summed E-state index contributed by atoms with van der Waals surface area (Å²) in [6.07, 6.45) is 2.85. The third kappa shape index (κ3) is 2.97. The number of nitrogens with one attached hydrogen (secondary N) is 1. The lowest BCUT2D eigenvalue weighted by Gasteiger charge is -2.38. The summed E-state index contributed by atoms with van der Waals surface area (Å²) in [6.45, 7) is 5.00. The summed E-state index contributed by atoms with van der Waals surface area (Å²) < 4.78 is 19.3. The lowest BCUT2D eigenvalue weighted by atomic mass is 9.90. The van der Waals surface area contributed by atoms with Crippen LogP contribution in [0.3, 0.4) is 0 Å². The standard InChI is InChI=1S/C14H20FNO/c1-3-14(2)10-11(8-9-17-14)16-13-7-5-4-6-12(13)15/h4-7,11,16H,3,8-10H2,1-2H3. The molecule has 1 aromatic rings. The average molecular weight is 237 g/mol. The molecule has 0 aromatic heterocycles. The Morgan fingerprint density at radius 1 is 1.47 bits per heavy atom. The van der Waals surface area contributed by atoms with E-state index < -0.39 is 0 Å². The smallest absolute Gasteiger partial charge is 0.146 e. The van der Waals surface area contributed by atoms with Crippen LogP contribution in [0.1, 0.15) is 33.1 Å². The van der Waals surface area contributed by atoms with Gasteiger partial charge in [0, 0.05) is 12.6 Å². The van der Waals surface area contributed by atoms with Gasteiger partial charge in [-0.1, -0.05) is 19.1 Å². The Kier molecular flexibility index (Phi) is 3.67. The summed E-state index contributed by atoms with van der Waals surface area (Å²) in [6, 6.07) is 7.13. The molecule has 0 bridgehead atoms. The molecule has 17 heavy (non-hydrogen) atoms. The maximum absolute atomic E-state index is 13.5. The highest BCUT2D eigenvalue weighted by Gasteiger charge is 2.31. The van der Waals surface area contributed by atoms with Crippen LogP contribution in [0.15, 0.2) is 24.3 Å². The van der Waals surface area contributed by atoms with Crippen LogP contribution < -0.4 is 5.32 Å². The Labute approximate surface area is 102 Å². The van der Waals surface area contributed by atoms with E-state index in [9.17, 15) is 4.39 Å². The maximum Gasteiger partial charge on any atom is 0.146 e. The Morgan fingerprint density at radius 3 is 2.94 bits per heavy atom. The fourth-order valence-electron chi connectivity index (χ4n) is 2.30. The normalized spacial score (nSPS) is 29.0. The molecule has 0 aliphatic carbocycles. The van der Waals surface area contributed by atoms with E-state index in [0.717, 1.165) is 25.9 Å². The van der Waals surface area contributed by atoms with Crippen LogP contribution in [0, 0.1) is 5.82 Å². The Morgan fingerprint density at radius 2 is 2.24 bits per heavy atom. The van der Waals surface area contributed by atoms with Gasteiger partial charge in [-0.25, -0.2) is 4.39 Å². The van der Waals surface area contributed by atoms with Crippen LogP contribution in [-0.4, -0.2) is 18.2 Å².